The van der Waals surface area contributed by atoms with Crippen LogP contribution in [0, 0.1) is 41.5 Å². The van der Waals surface area contributed by atoms with Crippen LogP contribution >= 0.6 is 0 Å². The quantitative estimate of drug-likeness (QED) is 0.0991. The Bertz CT molecular complexity index is 3380. The molecular formula is C48H36BN3. The normalized spacial score (nSPS) is 13.2. The van der Waals surface area contributed by atoms with Crippen LogP contribution in [-0.2, 0) is 0 Å². The highest BCUT2D eigenvalue weighted by Gasteiger charge is 2.37. The summed E-state index contributed by atoms with van der Waals surface area (Å²) in [7, 11) is 0. The van der Waals surface area contributed by atoms with E-state index in [4.69, 9.17) is 0 Å². The Balaban J connectivity index is 1.39. The average Bonchev–Trinajstić information content (AvgIpc) is 3.63. The monoisotopic (exact) mass is 665 g/mol. The standard InChI is InChI=1S/C48H36BN3/c1-25-20-27(3)41(28(4)21-25)32-14-16-35-40(24-32)50-39-13-9-10-31-15-18-36-46(42(31)39)52-47-37(49(36)43-29(5)22-26(2)23-30(43)6)19-17-34-33-11-7-8-12-38(33)51(44(34)47)45(35)48(50)52/h7-24H,1-6H3. The number of fused-ring (bicyclic) bond motifs is 8. The summed E-state index contributed by atoms with van der Waals surface area (Å²) in [5.41, 5.74) is 25.1. The second-order valence-corrected chi connectivity index (χ2v) is 15.7. The molecule has 11 aromatic rings. The Labute approximate surface area is 301 Å². The third-order valence-electron chi connectivity index (χ3n) is 12.5. The van der Waals surface area contributed by atoms with Crippen molar-refractivity contribution in [2.75, 3.05) is 0 Å². The van der Waals surface area contributed by atoms with E-state index in [1.54, 1.807) is 0 Å². The van der Waals surface area contributed by atoms with Crippen LogP contribution in [0.2, 0.25) is 0 Å². The summed E-state index contributed by atoms with van der Waals surface area (Å²) in [5, 5.41) is 6.51. The van der Waals surface area contributed by atoms with Crippen LogP contribution in [0.5, 0.6) is 0 Å². The number of rotatable bonds is 2. The molecule has 0 unspecified atom stereocenters. The van der Waals surface area contributed by atoms with Crippen molar-refractivity contribution < 1.29 is 0 Å². The van der Waals surface area contributed by atoms with Crippen molar-refractivity contribution in [3.8, 4) is 11.1 Å². The largest absolute Gasteiger partial charge is 0.303 e. The molecule has 1 aliphatic heterocycles. The molecule has 12 rings (SSSR count). The molecule has 7 aromatic carbocycles. The molecule has 0 N–H and O–H groups in total. The van der Waals surface area contributed by atoms with Crippen LogP contribution < -0.4 is 16.4 Å². The predicted molar refractivity (Wildman–Crippen MR) is 223 cm³/mol. The molecule has 1 aliphatic rings. The molecule has 3 nitrogen and oxygen atoms in total. The lowest BCUT2D eigenvalue weighted by Crippen LogP contribution is -2.56. The second kappa shape index (κ2) is 9.46. The smallest absolute Gasteiger partial charge is 0.247 e. The molecule has 4 aromatic heterocycles. The number of aryl methyl sites for hydroxylation is 6. The topological polar surface area (TPSA) is 13.2 Å². The van der Waals surface area contributed by atoms with Crippen LogP contribution in [0.15, 0.2) is 109 Å². The summed E-state index contributed by atoms with van der Waals surface area (Å²) in [5.74, 6) is 0. The van der Waals surface area contributed by atoms with Gasteiger partial charge in [0.2, 0.25) is 6.71 Å². The first-order valence-electron chi connectivity index (χ1n) is 18.6. The van der Waals surface area contributed by atoms with Crippen molar-refractivity contribution in [3.05, 3.63) is 143 Å². The maximum absolute atomic E-state index is 2.67. The maximum Gasteiger partial charge on any atom is 0.247 e. The van der Waals surface area contributed by atoms with E-state index in [1.807, 2.05) is 0 Å². The molecule has 0 spiro atoms. The first-order valence-corrected chi connectivity index (χ1v) is 18.6. The highest BCUT2D eigenvalue weighted by molar-refractivity contribution is 6.99. The van der Waals surface area contributed by atoms with Gasteiger partial charge in [0.25, 0.3) is 0 Å². The highest BCUT2D eigenvalue weighted by Crippen LogP contribution is 2.44. The number of aromatic nitrogens is 3. The second-order valence-electron chi connectivity index (χ2n) is 15.7. The number of nitrogens with zero attached hydrogens (tertiary/aromatic N) is 3. The molecule has 4 heteroatoms. The zero-order chi connectivity index (χ0) is 34.9. The fourth-order valence-electron chi connectivity index (χ4n) is 10.9. The lowest BCUT2D eigenvalue weighted by Gasteiger charge is -2.30. The lowest BCUT2D eigenvalue weighted by atomic mass is 9.34. The van der Waals surface area contributed by atoms with Crippen LogP contribution in [0.3, 0.4) is 0 Å². The van der Waals surface area contributed by atoms with Crippen molar-refractivity contribution in [1.29, 1.82) is 0 Å². The Hall–Kier alpha value is -6.00. The van der Waals surface area contributed by atoms with Crippen molar-refractivity contribution >= 4 is 94.3 Å². The third-order valence-corrected chi connectivity index (χ3v) is 12.5. The van der Waals surface area contributed by atoms with Gasteiger partial charge in [0.1, 0.15) is 5.65 Å². The van der Waals surface area contributed by atoms with Crippen LogP contribution in [0.25, 0.3) is 82.3 Å². The number of para-hydroxylation sites is 1. The summed E-state index contributed by atoms with van der Waals surface area (Å²) in [4.78, 5) is 0. The van der Waals surface area contributed by atoms with E-state index >= 15 is 0 Å². The average molecular weight is 666 g/mol. The summed E-state index contributed by atoms with van der Waals surface area (Å²) >= 11 is 0. The number of hydrogen-bond acceptors (Lipinski definition) is 0. The molecule has 0 radical (unpaired) electrons. The van der Waals surface area contributed by atoms with Gasteiger partial charge in [-0.15, -0.1) is 0 Å². The van der Waals surface area contributed by atoms with Gasteiger partial charge in [0.05, 0.1) is 38.6 Å². The summed E-state index contributed by atoms with van der Waals surface area (Å²) < 4.78 is 7.88. The Kier molecular flexibility index (Phi) is 5.21. The van der Waals surface area contributed by atoms with Gasteiger partial charge < -0.3 is 4.40 Å². The predicted octanol–water partition coefficient (Wildman–Crippen LogP) is 10.00. The molecular weight excluding hydrogens is 629 g/mol. The zero-order valence-corrected chi connectivity index (χ0v) is 30.3. The Morgan fingerprint density at radius 3 is 1.90 bits per heavy atom. The third kappa shape index (κ3) is 3.26. The minimum atomic E-state index is 0.117. The van der Waals surface area contributed by atoms with Crippen molar-refractivity contribution in [3.63, 3.8) is 0 Å². The van der Waals surface area contributed by atoms with E-state index in [-0.39, 0.29) is 6.71 Å². The first kappa shape index (κ1) is 28.7. The van der Waals surface area contributed by atoms with E-state index in [2.05, 4.69) is 164 Å². The Morgan fingerprint density at radius 2 is 1.12 bits per heavy atom. The van der Waals surface area contributed by atoms with E-state index in [0.717, 1.165) is 0 Å². The minimum absolute atomic E-state index is 0.117. The van der Waals surface area contributed by atoms with Gasteiger partial charge in [-0.3, -0.25) is 8.80 Å². The van der Waals surface area contributed by atoms with E-state index in [1.165, 1.54) is 132 Å². The van der Waals surface area contributed by atoms with E-state index in [9.17, 15) is 0 Å². The molecule has 52 heavy (non-hydrogen) atoms. The lowest BCUT2D eigenvalue weighted by molar-refractivity contribution is 1.17. The summed E-state index contributed by atoms with van der Waals surface area (Å²) in [6.07, 6.45) is 0. The molecule has 0 fully saturated rings. The zero-order valence-electron chi connectivity index (χ0n) is 30.3. The maximum atomic E-state index is 2.67. The molecule has 0 atom stereocenters. The number of benzene rings is 7. The van der Waals surface area contributed by atoms with Gasteiger partial charge in [-0.1, -0.05) is 113 Å². The molecule has 5 heterocycles. The number of hydrogen-bond donors (Lipinski definition) is 0. The van der Waals surface area contributed by atoms with Gasteiger partial charge in [0.15, 0.2) is 0 Å². The Morgan fingerprint density at radius 1 is 0.442 bits per heavy atom. The van der Waals surface area contributed by atoms with Gasteiger partial charge >= 0.3 is 0 Å². The van der Waals surface area contributed by atoms with Crippen LogP contribution in [-0.4, -0.2) is 19.9 Å². The van der Waals surface area contributed by atoms with Gasteiger partial charge in [0, 0.05) is 21.5 Å². The SMILES string of the molecule is Cc1cc(C)c(B2c3ccc4cccc5c4c3n3c4c2ccc2c6ccccc6n(c24)c2c4ccc(-c6c(C)cc(C)cc6C)cc4n5c23)c(C)c1. The summed E-state index contributed by atoms with van der Waals surface area (Å²) in [6.45, 7) is 13.7. The van der Waals surface area contributed by atoms with Gasteiger partial charge in [-0.05, 0) is 104 Å². The molecule has 0 aliphatic carbocycles. The fourth-order valence-corrected chi connectivity index (χ4v) is 10.9. The van der Waals surface area contributed by atoms with Crippen LogP contribution in [0.4, 0.5) is 0 Å². The van der Waals surface area contributed by atoms with Crippen molar-refractivity contribution in [2.45, 2.75) is 41.5 Å². The first-order chi connectivity index (χ1) is 25.3. The molecule has 0 bridgehead atoms. The minimum Gasteiger partial charge on any atom is -0.303 e. The van der Waals surface area contributed by atoms with Crippen molar-refractivity contribution in [2.24, 2.45) is 0 Å². The molecule has 0 saturated carbocycles. The molecule has 246 valence electrons. The highest BCUT2D eigenvalue weighted by atomic mass is 15.1. The van der Waals surface area contributed by atoms with Crippen molar-refractivity contribution in [1.82, 2.24) is 13.2 Å². The van der Waals surface area contributed by atoms with Gasteiger partial charge in [-0.25, -0.2) is 0 Å². The van der Waals surface area contributed by atoms with Crippen LogP contribution in [0.1, 0.15) is 33.4 Å². The van der Waals surface area contributed by atoms with E-state index in [0.29, 0.717) is 0 Å². The molecule has 0 amide bonds. The summed E-state index contributed by atoms with van der Waals surface area (Å²) in [6, 6.07) is 42.2. The fraction of sp³-hybridized carbons (Fsp3) is 0.125. The molecule has 0 saturated heterocycles. The van der Waals surface area contributed by atoms with E-state index < -0.39 is 0 Å². The van der Waals surface area contributed by atoms with Gasteiger partial charge in [-0.2, -0.15) is 0 Å².